The van der Waals surface area contributed by atoms with Gasteiger partial charge in [0.05, 0.1) is 4.47 Å². The Morgan fingerprint density at radius 1 is 1.26 bits per heavy atom. The standard InChI is InChI=1S/C15H15BrFNO/c1-2-14(18)10-4-3-5-12(8-10)19-15-7-6-11(17)9-13(15)16/h3-9,14H,2,18H2,1H3. The second kappa shape index (κ2) is 6.17. The van der Waals surface area contributed by atoms with E-state index in [-0.39, 0.29) is 11.9 Å². The fourth-order valence-corrected chi connectivity index (χ4v) is 2.16. The lowest BCUT2D eigenvalue weighted by atomic mass is 10.1. The van der Waals surface area contributed by atoms with Gasteiger partial charge < -0.3 is 10.5 Å². The molecule has 0 aliphatic rings. The first-order chi connectivity index (χ1) is 9.10. The van der Waals surface area contributed by atoms with Crippen LogP contribution in [-0.4, -0.2) is 0 Å². The summed E-state index contributed by atoms with van der Waals surface area (Å²) >= 11 is 3.28. The van der Waals surface area contributed by atoms with Crippen LogP contribution < -0.4 is 10.5 Å². The molecule has 2 rings (SSSR count). The monoisotopic (exact) mass is 323 g/mol. The smallest absolute Gasteiger partial charge is 0.141 e. The highest BCUT2D eigenvalue weighted by atomic mass is 79.9. The lowest BCUT2D eigenvalue weighted by Gasteiger charge is -2.12. The van der Waals surface area contributed by atoms with Crippen molar-refractivity contribution in [3.8, 4) is 11.5 Å². The van der Waals surface area contributed by atoms with Crippen LogP contribution >= 0.6 is 15.9 Å². The van der Waals surface area contributed by atoms with Gasteiger partial charge in [-0.15, -0.1) is 0 Å². The zero-order valence-electron chi connectivity index (χ0n) is 10.6. The minimum absolute atomic E-state index is 0.000193. The average molecular weight is 324 g/mol. The Bertz CT molecular complexity index is 574. The molecule has 0 spiro atoms. The number of benzene rings is 2. The zero-order chi connectivity index (χ0) is 13.8. The van der Waals surface area contributed by atoms with Crippen LogP contribution in [0.25, 0.3) is 0 Å². The normalized spacial score (nSPS) is 12.2. The molecule has 0 amide bonds. The van der Waals surface area contributed by atoms with E-state index in [1.54, 1.807) is 6.07 Å². The van der Waals surface area contributed by atoms with E-state index in [1.807, 2.05) is 31.2 Å². The molecule has 0 saturated heterocycles. The second-order valence-electron chi connectivity index (χ2n) is 4.26. The highest BCUT2D eigenvalue weighted by Gasteiger charge is 2.07. The lowest BCUT2D eigenvalue weighted by molar-refractivity contribution is 0.475. The van der Waals surface area contributed by atoms with Gasteiger partial charge in [0.25, 0.3) is 0 Å². The van der Waals surface area contributed by atoms with Crippen LogP contribution in [0.4, 0.5) is 4.39 Å². The third kappa shape index (κ3) is 3.55. The van der Waals surface area contributed by atoms with E-state index in [4.69, 9.17) is 10.5 Å². The summed E-state index contributed by atoms with van der Waals surface area (Å²) in [5.41, 5.74) is 7.02. The summed E-state index contributed by atoms with van der Waals surface area (Å²) < 4.78 is 19.3. The van der Waals surface area contributed by atoms with Crippen LogP contribution in [0.2, 0.25) is 0 Å². The lowest BCUT2D eigenvalue weighted by Crippen LogP contribution is -2.08. The first-order valence-corrected chi connectivity index (χ1v) is 6.88. The number of nitrogens with two attached hydrogens (primary N) is 1. The molecule has 0 aromatic heterocycles. The van der Waals surface area contributed by atoms with Crippen LogP contribution in [0, 0.1) is 5.82 Å². The van der Waals surface area contributed by atoms with Crippen molar-refractivity contribution in [1.82, 2.24) is 0 Å². The van der Waals surface area contributed by atoms with E-state index in [0.29, 0.717) is 16.0 Å². The molecule has 4 heteroatoms. The Morgan fingerprint density at radius 3 is 2.74 bits per heavy atom. The van der Waals surface area contributed by atoms with Gasteiger partial charge in [0.15, 0.2) is 0 Å². The van der Waals surface area contributed by atoms with Gasteiger partial charge in [-0.25, -0.2) is 4.39 Å². The van der Waals surface area contributed by atoms with Gasteiger partial charge in [0.1, 0.15) is 17.3 Å². The predicted molar refractivity (Wildman–Crippen MR) is 77.8 cm³/mol. The SMILES string of the molecule is CCC(N)c1cccc(Oc2ccc(F)cc2Br)c1. The van der Waals surface area contributed by atoms with Crippen molar-refractivity contribution >= 4 is 15.9 Å². The second-order valence-corrected chi connectivity index (χ2v) is 5.12. The minimum atomic E-state index is -0.305. The van der Waals surface area contributed by atoms with Crippen LogP contribution in [-0.2, 0) is 0 Å². The summed E-state index contributed by atoms with van der Waals surface area (Å²) in [6, 6.07) is 12.0. The molecule has 0 bridgehead atoms. The molecule has 0 fully saturated rings. The summed E-state index contributed by atoms with van der Waals surface area (Å²) in [5, 5.41) is 0. The molecule has 2 N–H and O–H groups in total. The van der Waals surface area contributed by atoms with Gasteiger partial charge in [-0.05, 0) is 58.2 Å². The van der Waals surface area contributed by atoms with Crippen molar-refractivity contribution in [3.05, 3.63) is 58.3 Å². The summed E-state index contributed by atoms with van der Waals surface area (Å²) in [4.78, 5) is 0. The molecule has 0 aliphatic carbocycles. The van der Waals surface area contributed by atoms with Crippen LogP contribution in [0.5, 0.6) is 11.5 Å². The topological polar surface area (TPSA) is 35.2 Å². The highest BCUT2D eigenvalue weighted by Crippen LogP contribution is 2.31. The zero-order valence-corrected chi connectivity index (χ0v) is 12.2. The van der Waals surface area contributed by atoms with Crippen LogP contribution in [0.15, 0.2) is 46.9 Å². The molecule has 0 radical (unpaired) electrons. The van der Waals surface area contributed by atoms with Gasteiger partial charge >= 0.3 is 0 Å². The fourth-order valence-electron chi connectivity index (χ4n) is 1.73. The van der Waals surface area contributed by atoms with Gasteiger partial charge in [-0.1, -0.05) is 19.1 Å². The summed E-state index contributed by atoms with van der Waals surface area (Å²) in [7, 11) is 0. The van der Waals surface area contributed by atoms with Gasteiger partial charge in [-0.3, -0.25) is 0 Å². The Morgan fingerprint density at radius 2 is 2.05 bits per heavy atom. The molecule has 0 saturated carbocycles. The Hall–Kier alpha value is -1.39. The number of hydrogen-bond acceptors (Lipinski definition) is 2. The third-order valence-corrected chi connectivity index (χ3v) is 3.47. The fraction of sp³-hybridized carbons (Fsp3) is 0.200. The molecular weight excluding hydrogens is 309 g/mol. The molecule has 19 heavy (non-hydrogen) atoms. The molecule has 2 nitrogen and oxygen atoms in total. The maximum atomic E-state index is 13.0. The summed E-state index contributed by atoms with van der Waals surface area (Å²) in [6.07, 6.45) is 0.865. The van der Waals surface area contributed by atoms with E-state index in [1.165, 1.54) is 12.1 Å². The number of rotatable bonds is 4. The van der Waals surface area contributed by atoms with E-state index in [9.17, 15) is 4.39 Å². The molecule has 1 atom stereocenters. The minimum Gasteiger partial charge on any atom is -0.456 e. The number of hydrogen-bond donors (Lipinski definition) is 1. The van der Waals surface area contributed by atoms with Crippen molar-refractivity contribution in [2.75, 3.05) is 0 Å². The van der Waals surface area contributed by atoms with E-state index < -0.39 is 0 Å². The van der Waals surface area contributed by atoms with Crippen molar-refractivity contribution in [2.24, 2.45) is 5.73 Å². The molecule has 2 aromatic rings. The summed E-state index contributed by atoms with van der Waals surface area (Å²) in [6.45, 7) is 2.04. The van der Waals surface area contributed by atoms with Crippen molar-refractivity contribution in [3.63, 3.8) is 0 Å². The number of ether oxygens (including phenoxy) is 1. The molecule has 100 valence electrons. The third-order valence-electron chi connectivity index (χ3n) is 2.85. The molecule has 0 aliphatic heterocycles. The molecular formula is C15H15BrFNO. The molecule has 1 unspecified atom stereocenters. The summed E-state index contributed by atoms with van der Waals surface area (Å²) in [5.74, 6) is 0.957. The van der Waals surface area contributed by atoms with E-state index in [0.717, 1.165) is 12.0 Å². The molecule has 0 heterocycles. The van der Waals surface area contributed by atoms with Crippen LogP contribution in [0.1, 0.15) is 24.9 Å². The molecule has 2 aromatic carbocycles. The first-order valence-electron chi connectivity index (χ1n) is 6.08. The van der Waals surface area contributed by atoms with E-state index >= 15 is 0 Å². The Balaban J connectivity index is 2.23. The largest absolute Gasteiger partial charge is 0.456 e. The first kappa shape index (κ1) is 14.0. The van der Waals surface area contributed by atoms with Gasteiger partial charge in [0.2, 0.25) is 0 Å². The maximum Gasteiger partial charge on any atom is 0.141 e. The quantitative estimate of drug-likeness (QED) is 0.877. The Kier molecular flexibility index (Phi) is 4.56. The van der Waals surface area contributed by atoms with E-state index in [2.05, 4.69) is 15.9 Å². The van der Waals surface area contributed by atoms with Crippen molar-refractivity contribution in [1.29, 1.82) is 0 Å². The van der Waals surface area contributed by atoms with Gasteiger partial charge in [0, 0.05) is 6.04 Å². The van der Waals surface area contributed by atoms with Crippen molar-refractivity contribution in [2.45, 2.75) is 19.4 Å². The van der Waals surface area contributed by atoms with Crippen LogP contribution in [0.3, 0.4) is 0 Å². The number of halogens is 2. The predicted octanol–water partition coefficient (Wildman–Crippen LogP) is 4.79. The maximum absolute atomic E-state index is 13.0. The Labute approximate surface area is 120 Å². The van der Waals surface area contributed by atoms with Gasteiger partial charge in [-0.2, -0.15) is 0 Å². The highest BCUT2D eigenvalue weighted by molar-refractivity contribution is 9.10. The van der Waals surface area contributed by atoms with Crippen molar-refractivity contribution < 1.29 is 9.13 Å². The average Bonchev–Trinajstić information content (AvgIpc) is 2.41.